The molecule has 0 aliphatic carbocycles. The minimum atomic E-state index is 0.0104. The predicted molar refractivity (Wildman–Crippen MR) is 49.6 cm³/mol. The van der Waals surface area contributed by atoms with Crippen LogP contribution < -0.4 is 0 Å². The molecule has 0 saturated carbocycles. The molecular formula is C9H5BrNO. The van der Waals surface area contributed by atoms with Crippen LogP contribution in [0.25, 0.3) is 10.9 Å². The SMILES string of the molecule is [O]c1ccc2nccc(Br)c2c1. The van der Waals surface area contributed by atoms with Gasteiger partial charge in [-0.1, -0.05) is 15.9 Å². The maximum absolute atomic E-state index is 11.0. The molecule has 0 bridgehead atoms. The van der Waals surface area contributed by atoms with Gasteiger partial charge < -0.3 is 0 Å². The highest BCUT2D eigenvalue weighted by Gasteiger charge is 2.00. The van der Waals surface area contributed by atoms with Crippen molar-refractivity contribution < 1.29 is 5.11 Å². The van der Waals surface area contributed by atoms with Gasteiger partial charge >= 0.3 is 0 Å². The Morgan fingerprint density at radius 1 is 1.25 bits per heavy atom. The minimum absolute atomic E-state index is 0.0104. The largest absolute Gasteiger partial charge is 0.290 e. The molecule has 0 atom stereocenters. The van der Waals surface area contributed by atoms with Crippen LogP contribution in [-0.4, -0.2) is 4.98 Å². The number of halogens is 1. The molecule has 0 spiro atoms. The molecular weight excluding hydrogens is 218 g/mol. The van der Waals surface area contributed by atoms with E-state index in [0.29, 0.717) is 0 Å². The molecule has 0 N–H and O–H groups in total. The van der Waals surface area contributed by atoms with Gasteiger partial charge in [0.05, 0.1) is 5.52 Å². The molecule has 59 valence electrons. The van der Waals surface area contributed by atoms with Crippen molar-refractivity contribution in [2.45, 2.75) is 0 Å². The van der Waals surface area contributed by atoms with Gasteiger partial charge in [-0.25, -0.2) is 0 Å². The minimum Gasteiger partial charge on any atom is -0.290 e. The topological polar surface area (TPSA) is 32.8 Å². The predicted octanol–water partition coefficient (Wildman–Crippen LogP) is 3.14. The summed E-state index contributed by atoms with van der Waals surface area (Å²) < 4.78 is 0.908. The van der Waals surface area contributed by atoms with Crippen LogP contribution in [0.1, 0.15) is 0 Å². The van der Waals surface area contributed by atoms with Crippen molar-refractivity contribution >= 4 is 26.8 Å². The molecule has 0 unspecified atom stereocenters. The van der Waals surface area contributed by atoms with Crippen molar-refractivity contribution in [1.29, 1.82) is 0 Å². The van der Waals surface area contributed by atoms with Crippen molar-refractivity contribution in [2.24, 2.45) is 0 Å². The van der Waals surface area contributed by atoms with E-state index < -0.39 is 0 Å². The Hall–Kier alpha value is -1.09. The van der Waals surface area contributed by atoms with Gasteiger partial charge in [0, 0.05) is 16.1 Å². The average molecular weight is 223 g/mol. The summed E-state index contributed by atoms with van der Waals surface area (Å²) in [6.07, 6.45) is 1.71. The lowest BCUT2D eigenvalue weighted by Crippen LogP contribution is -1.77. The Morgan fingerprint density at radius 2 is 2.08 bits per heavy atom. The highest BCUT2D eigenvalue weighted by molar-refractivity contribution is 9.10. The number of benzene rings is 1. The van der Waals surface area contributed by atoms with Crippen molar-refractivity contribution in [3.05, 3.63) is 34.9 Å². The molecule has 1 aromatic heterocycles. The highest BCUT2D eigenvalue weighted by atomic mass is 79.9. The molecule has 1 aromatic carbocycles. The smallest absolute Gasteiger partial charge is 0.179 e. The maximum Gasteiger partial charge on any atom is 0.179 e. The molecule has 2 rings (SSSR count). The van der Waals surface area contributed by atoms with E-state index >= 15 is 0 Å². The van der Waals surface area contributed by atoms with E-state index in [0.717, 1.165) is 15.4 Å². The van der Waals surface area contributed by atoms with Crippen molar-refractivity contribution in [3.63, 3.8) is 0 Å². The van der Waals surface area contributed by atoms with Crippen LogP contribution in [0.5, 0.6) is 5.75 Å². The first kappa shape index (κ1) is 7.55. The average Bonchev–Trinajstić information content (AvgIpc) is 2.07. The summed E-state index contributed by atoms with van der Waals surface area (Å²) in [6.45, 7) is 0. The first-order valence-corrected chi connectivity index (χ1v) is 4.28. The summed E-state index contributed by atoms with van der Waals surface area (Å²) in [4.78, 5) is 4.11. The number of pyridine rings is 1. The lowest BCUT2D eigenvalue weighted by atomic mass is 10.2. The lowest BCUT2D eigenvalue weighted by Gasteiger charge is -1.97. The fourth-order valence-electron chi connectivity index (χ4n) is 1.09. The molecule has 0 saturated heterocycles. The van der Waals surface area contributed by atoms with Crippen LogP contribution in [0.3, 0.4) is 0 Å². The molecule has 0 aliphatic heterocycles. The number of hydrogen-bond acceptors (Lipinski definition) is 1. The van der Waals surface area contributed by atoms with E-state index in [2.05, 4.69) is 20.9 Å². The summed E-state index contributed by atoms with van der Waals surface area (Å²) in [5, 5.41) is 11.9. The fraction of sp³-hybridized carbons (Fsp3) is 0. The summed E-state index contributed by atoms with van der Waals surface area (Å²) in [5.41, 5.74) is 0.837. The Morgan fingerprint density at radius 3 is 2.92 bits per heavy atom. The second kappa shape index (κ2) is 2.75. The summed E-state index contributed by atoms with van der Waals surface area (Å²) >= 11 is 3.35. The second-order valence-corrected chi connectivity index (χ2v) is 3.33. The van der Waals surface area contributed by atoms with Gasteiger partial charge in [0.25, 0.3) is 0 Å². The quantitative estimate of drug-likeness (QED) is 0.675. The lowest BCUT2D eigenvalue weighted by molar-refractivity contribution is 0.355. The Bertz CT molecular complexity index is 428. The molecule has 2 nitrogen and oxygen atoms in total. The first-order chi connectivity index (χ1) is 5.77. The first-order valence-electron chi connectivity index (χ1n) is 3.48. The number of rotatable bonds is 0. The molecule has 12 heavy (non-hydrogen) atoms. The molecule has 0 aliphatic rings. The van der Waals surface area contributed by atoms with Crippen molar-refractivity contribution in [2.75, 3.05) is 0 Å². The third-order valence-electron chi connectivity index (χ3n) is 1.66. The van der Waals surface area contributed by atoms with Gasteiger partial charge in [0.1, 0.15) is 0 Å². The van der Waals surface area contributed by atoms with Gasteiger partial charge in [-0.05, 0) is 24.3 Å². The van der Waals surface area contributed by atoms with Crippen LogP contribution in [-0.2, 0) is 5.11 Å². The van der Waals surface area contributed by atoms with Gasteiger partial charge in [0.2, 0.25) is 0 Å². The molecule has 1 radical (unpaired) electrons. The zero-order chi connectivity index (χ0) is 8.55. The summed E-state index contributed by atoms with van der Waals surface area (Å²) in [5.74, 6) is 0.0104. The van der Waals surface area contributed by atoms with E-state index in [1.807, 2.05) is 6.07 Å². The standard InChI is InChI=1S/C9H5BrNO/c10-8-3-4-11-9-2-1-6(12)5-7(8)9/h1-5H. The van der Waals surface area contributed by atoms with Gasteiger partial charge in [-0.2, -0.15) is 0 Å². The molecule has 3 heteroatoms. The van der Waals surface area contributed by atoms with Gasteiger partial charge in [-0.3, -0.25) is 10.1 Å². The van der Waals surface area contributed by atoms with E-state index in [1.54, 1.807) is 18.3 Å². The second-order valence-electron chi connectivity index (χ2n) is 2.47. The molecule has 1 heterocycles. The monoisotopic (exact) mass is 222 g/mol. The van der Waals surface area contributed by atoms with Crippen LogP contribution >= 0.6 is 15.9 Å². The zero-order valence-corrected chi connectivity index (χ0v) is 7.71. The Balaban J connectivity index is 2.88. The zero-order valence-electron chi connectivity index (χ0n) is 6.12. The summed E-state index contributed by atoms with van der Waals surface area (Å²) in [7, 11) is 0. The fourth-order valence-corrected chi connectivity index (χ4v) is 1.53. The maximum atomic E-state index is 11.0. The van der Waals surface area contributed by atoms with Crippen LogP contribution in [0.4, 0.5) is 0 Å². The number of fused-ring (bicyclic) bond motifs is 1. The normalized spacial score (nSPS) is 10.4. The van der Waals surface area contributed by atoms with E-state index in [-0.39, 0.29) is 5.75 Å². The number of aromatic nitrogens is 1. The molecule has 0 amide bonds. The Labute approximate surface area is 78.0 Å². The summed E-state index contributed by atoms with van der Waals surface area (Å²) in [6, 6.07) is 6.64. The van der Waals surface area contributed by atoms with Crippen LogP contribution in [0.15, 0.2) is 34.9 Å². The number of hydrogen-bond donors (Lipinski definition) is 0. The van der Waals surface area contributed by atoms with Crippen LogP contribution in [0.2, 0.25) is 0 Å². The van der Waals surface area contributed by atoms with Gasteiger partial charge in [-0.15, -0.1) is 0 Å². The molecule has 2 aromatic rings. The Kier molecular flexibility index (Phi) is 1.73. The number of nitrogens with zero attached hydrogens (tertiary/aromatic N) is 1. The van der Waals surface area contributed by atoms with Crippen LogP contribution in [0, 0.1) is 0 Å². The van der Waals surface area contributed by atoms with E-state index in [1.165, 1.54) is 6.07 Å². The third kappa shape index (κ3) is 1.16. The van der Waals surface area contributed by atoms with Crippen molar-refractivity contribution in [3.8, 4) is 5.75 Å². The van der Waals surface area contributed by atoms with E-state index in [4.69, 9.17) is 0 Å². The molecule has 0 fully saturated rings. The highest BCUT2D eigenvalue weighted by Crippen LogP contribution is 2.25. The van der Waals surface area contributed by atoms with Gasteiger partial charge in [0.15, 0.2) is 5.75 Å². The van der Waals surface area contributed by atoms with Crippen molar-refractivity contribution in [1.82, 2.24) is 4.98 Å². The third-order valence-corrected chi connectivity index (χ3v) is 2.35. The van der Waals surface area contributed by atoms with E-state index in [9.17, 15) is 5.11 Å².